The van der Waals surface area contributed by atoms with Gasteiger partial charge >= 0.3 is 6.03 Å². The molecule has 0 bridgehead atoms. The fourth-order valence-electron chi connectivity index (χ4n) is 3.79. The average molecular weight is 488 g/mol. The Morgan fingerprint density at radius 2 is 1.91 bits per heavy atom. The van der Waals surface area contributed by atoms with Crippen molar-refractivity contribution < 1.29 is 18.3 Å². The zero-order valence-corrected chi connectivity index (χ0v) is 19.2. The Bertz CT molecular complexity index is 1210. The lowest BCUT2D eigenvalue weighted by molar-refractivity contribution is 0.221. The normalized spacial score (nSPS) is 16.4. The van der Waals surface area contributed by atoms with Gasteiger partial charge in [-0.2, -0.15) is 0 Å². The van der Waals surface area contributed by atoms with Gasteiger partial charge in [0.2, 0.25) is 0 Å². The van der Waals surface area contributed by atoms with E-state index in [0.29, 0.717) is 24.3 Å². The number of benzene rings is 2. The van der Waals surface area contributed by atoms with E-state index in [1.807, 2.05) is 12.1 Å². The van der Waals surface area contributed by atoms with Gasteiger partial charge in [0, 0.05) is 42.1 Å². The number of nitrogen functional groups attached to an aromatic ring is 1. The van der Waals surface area contributed by atoms with Crippen molar-refractivity contribution in [1.82, 2.24) is 9.88 Å². The summed E-state index contributed by atoms with van der Waals surface area (Å²) >= 11 is 5.94. The first-order chi connectivity index (χ1) is 16.2. The molecule has 0 saturated carbocycles. The average Bonchev–Trinajstić information content (AvgIpc) is 3.25. The van der Waals surface area contributed by atoms with Crippen molar-refractivity contribution in [1.29, 1.82) is 0 Å². The molecule has 2 aromatic carbocycles. The van der Waals surface area contributed by atoms with Crippen LogP contribution in [-0.2, 0) is 0 Å². The summed E-state index contributed by atoms with van der Waals surface area (Å²) in [7, 11) is 0. The Hall–Kier alpha value is -3.43. The zero-order chi connectivity index (χ0) is 24.4. The van der Waals surface area contributed by atoms with Gasteiger partial charge in [-0.1, -0.05) is 23.7 Å². The van der Waals surface area contributed by atoms with E-state index >= 15 is 0 Å². The van der Waals surface area contributed by atoms with Crippen molar-refractivity contribution >= 4 is 29.1 Å². The second-order valence-corrected chi connectivity index (χ2v) is 8.50. The molecule has 0 spiro atoms. The van der Waals surface area contributed by atoms with Crippen LogP contribution in [0.4, 0.5) is 25.1 Å². The second-order valence-electron chi connectivity index (χ2n) is 8.13. The Balaban J connectivity index is 1.50. The highest BCUT2D eigenvalue weighted by Crippen LogP contribution is 2.35. The van der Waals surface area contributed by atoms with Gasteiger partial charge in [0.1, 0.15) is 17.7 Å². The highest BCUT2D eigenvalue weighted by molar-refractivity contribution is 6.31. The molecule has 2 amide bonds. The number of nitrogens with two attached hydrogens (primary N) is 2. The van der Waals surface area contributed by atoms with Gasteiger partial charge in [0.15, 0.2) is 11.6 Å². The predicted molar refractivity (Wildman–Crippen MR) is 128 cm³/mol. The number of urea groups is 1. The van der Waals surface area contributed by atoms with Gasteiger partial charge in [-0.3, -0.25) is 0 Å². The lowest BCUT2D eigenvalue weighted by Gasteiger charge is -2.19. The molecule has 1 fully saturated rings. The number of amides is 2. The maximum absolute atomic E-state index is 14.3. The van der Waals surface area contributed by atoms with E-state index in [1.165, 1.54) is 0 Å². The number of hydrogen-bond donors (Lipinski definition) is 3. The molecule has 178 valence electrons. The number of rotatable bonds is 5. The highest BCUT2D eigenvalue weighted by Gasteiger charge is 2.24. The van der Waals surface area contributed by atoms with Crippen LogP contribution in [0.1, 0.15) is 25.0 Å². The molecule has 1 aliphatic rings. The molecule has 7 nitrogen and oxygen atoms in total. The first-order valence-electron chi connectivity index (χ1n) is 10.7. The van der Waals surface area contributed by atoms with E-state index in [4.69, 9.17) is 27.8 Å². The highest BCUT2D eigenvalue weighted by atomic mass is 35.5. The van der Waals surface area contributed by atoms with Gasteiger partial charge in [-0.15, -0.1) is 0 Å². The molecule has 0 aliphatic carbocycles. The van der Waals surface area contributed by atoms with Crippen LogP contribution in [0.5, 0.6) is 5.75 Å². The molecule has 5 N–H and O–H groups in total. The number of nitrogens with one attached hydrogen (secondary N) is 1. The third-order valence-corrected chi connectivity index (χ3v) is 6.04. The van der Waals surface area contributed by atoms with Gasteiger partial charge in [0.25, 0.3) is 0 Å². The smallest absolute Gasteiger partial charge is 0.321 e. The molecule has 4 rings (SSSR count). The minimum absolute atomic E-state index is 0.0127. The number of ether oxygens (including phenoxy) is 1. The Morgan fingerprint density at radius 3 is 2.59 bits per heavy atom. The number of nitrogens with zero attached hydrogens (tertiary/aromatic N) is 2. The van der Waals surface area contributed by atoms with Crippen molar-refractivity contribution in [2.75, 3.05) is 24.1 Å². The van der Waals surface area contributed by atoms with Gasteiger partial charge in [-0.05, 0) is 49.2 Å². The molecule has 34 heavy (non-hydrogen) atoms. The number of hydrogen-bond acceptors (Lipinski definition) is 5. The maximum Gasteiger partial charge on any atom is 0.321 e. The van der Waals surface area contributed by atoms with E-state index in [1.54, 1.807) is 36.2 Å². The predicted octanol–water partition coefficient (Wildman–Crippen LogP) is 4.97. The number of carbonyl (C=O) groups is 1. The molecule has 2 heterocycles. The quantitative estimate of drug-likeness (QED) is 0.441. The summed E-state index contributed by atoms with van der Waals surface area (Å²) in [5, 5.41) is 2.51. The first-order valence-corrected chi connectivity index (χ1v) is 11.1. The van der Waals surface area contributed by atoms with E-state index in [9.17, 15) is 13.6 Å². The Kier molecular flexibility index (Phi) is 6.85. The SMILES string of the molecule is CC(Oc1cc(-c2ccc(NC(=O)N3CC[C@@H](N)C3)cc2)cnc1N)c1c(F)ccc(F)c1Cl. The fourth-order valence-corrected chi connectivity index (χ4v) is 4.10. The van der Waals surface area contributed by atoms with Crippen molar-refractivity contribution in [3.63, 3.8) is 0 Å². The number of halogens is 3. The minimum Gasteiger partial charge on any atom is -0.482 e. The Labute approximate surface area is 200 Å². The van der Waals surface area contributed by atoms with Crippen LogP contribution in [0.15, 0.2) is 48.7 Å². The molecule has 1 saturated heterocycles. The van der Waals surface area contributed by atoms with E-state index < -0.39 is 17.7 Å². The lowest BCUT2D eigenvalue weighted by Crippen LogP contribution is -2.35. The van der Waals surface area contributed by atoms with Gasteiger partial charge in [-0.25, -0.2) is 18.6 Å². The molecule has 1 unspecified atom stereocenters. The standard InChI is InChI=1S/C24H24ClF2N5O2/c1-13(21-18(26)6-7-19(27)22(21)25)34-20-10-15(11-30-23(20)29)14-2-4-17(5-3-14)31-24(33)32-9-8-16(28)12-32/h2-7,10-11,13,16H,8-9,12,28H2,1H3,(H2,29,30)(H,31,33)/t13?,16-/m1/s1. The topological polar surface area (TPSA) is 106 Å². The number of aromatic nitrogens is 1. The molecule has 1 aromatic heterocycles. The number of carbonyl (C=O) groups excluding carboxylic acids is 1. The third kappa shape index (κ3) is 5.05. The molecular weight excluding hydrogens is 464 g/mol. The molecule has 2 atom stereocenters. The van der Waals surface area contributed by atoms with Crippen molar-refractivity contribution in [2.24, 2.45) is 5.73 Å². The first kappa shape index (κ1) is 23.7. The summed E-state index contributed by atoms with van der Waals surface area (Å²) in [6.07, 6.45) is 1.44. The van der Waals surface area contributed by atoms with Crippen molar-refractivity contribution in [2.45, 2.75) is 25.5 Å². The van der Waals surface area contributed by atoms with Crippen LogP contribution in [0.25, 0.3) is 11.1 Å². The van der Waals surface area contributed by atoms with Crippen LogP contribution in [0.2, 0.25) is 5.02 Å². The zero-order valence-electron chi connectivity index (χ0n) is 18.4. The minimum atomic E-state index is -0.918. The summed E-state index contributed by atoms with van der Waals surface area (Å²) < 4.78 is 33.9. The van der Waals surface area contributed by atoms with Crippen LogP contribution < -0.4 is 21.5 Å². The Morgan fingerprint density at radius 1 is 1.21 bits per heavy atom. The fraction of sp³-hybridized carbons (Fsp3) is 0.250. The molecule has 1 aliphatic heterocycles. The maximum atomic E-state index is 14.3. The van der Waals surface area contributed by atoms with Crippen LogP contribution in [0, 0.1) is 11.6 Å². The van der Waals surface area contributed by atoms with Gasteiger partial charge < -0.3 is 26.4 Å². The molecular formula is C24H24ClF2N5O2. The summed E-state index contributed by atoms with van der Waals surface area (Å²) in [4.78, 5) is 18.2. The summed E-state index contributed by atoms with van der Waals surface area (Å²) in [5.41, 5.74) is 13.8. The largest absolute Gasteiger partial charge is 0.482 e. The van der Waals surface area contributed by atoms with Crippen LogP contribution in [0.3, 0.4) is 0 Å². The van der Waals surface area contributed by atoms with Gasteiger partial charge in [0.05, 0.1) is 5.02 Å². The van der Waals surface area contributed by atoms with Crippen molar-refractivity contribution in [3.8, 4) is 16.9 Å². The molecule has 10 heteroatoms. The van der Waals surface area contributed by atoms with Crippen LogP contribution in [-0.4, -0.2) is 35.0 Å². The van der Waals surface area contributed by atoms with E-state index in [2.05, 4.69) is 10.3 Å². The summed E-state index contributed by atoms with van der Waals surface area (Å²) in [6.45, 7) is 2.71. The van der Waals surface area contributed by atoms with E-state index in [0.717, 1.165) is 24.1 Å². The lowest BCUT2D eigenvalue weighted by atomic mass is 10.1. The summed E-state index contributed by atoms with van der Waals surface area (Å²) in [6, 6.07) is 10.6. The van der Waals surface area contributed by atoms with E-state index in [-0.39, 0.29) is 34.2 Å². The summed E-state index contributed by atoms with van der Waals surface area (Å²) in [5.74, 6) is -1.13. The third-order valence-electron chi connectivity index (χ3n) is 5.65. The molecule has 0 radical (unpaired) electrons. The number of likely N-dealkylation sites (tertiary alicyclic amines) is 1. The monoisotopic (exact) mass is 487 g/mol. The second kappa shape index (κ2) is 9.82. The number of pyridine rings is 1. The molecule has 3 aromatic rings. The number of anilines is 2. The van der Waals surface area contributed by atoms with Crippen LogP contribution >= 0.6 is 11.6 Å². The van der Waals surface area contributed by atoms with Crippen molar-refractivity contribution in [3.05, 3.63) is 70.9 Å².